The van der Waals surface area contributed by atoms with Crippen molar-refractivity contribution in [3.8, 4) is 0 Å². The molecule has 1 unspecified atom stereocenters. The molecule has 0 saturated heterocycles. The van der Waals surface area contributed by atoms with Gasteiger partial charge in [0, 0.05) is 33.9 Å². The Hall–Kier alpha value is -0.120. The minimum atomic E-state index is 0.753. The average Bonchev–Trinajstić information content (AvgIpc) is 2.21. The van der Waals surface area contributed by atoms with Crippen LogP contribution in [0, 0.1) is 5.92 Å². The van der Waals surface area contributed by atoms with Crippen LogP contribution in [0.4, 0.5) is 0 Å². The number of nitrogens with zero attached hydrogens (tertiary/aromatic N) is 1. The normalized spacial score (nSPS) is 13.5. The van der Waals surface area contributed by atoms with Crippen LogP contribution >= 0.6 is 0 Å². The van der Waals surface area contributed by atoms with Crippen molar-refractivity contribution in [2.75, 3.05) is 47.1 Å². The molecule has 0 radical (unpaired) electrons. The summed E-state index contributed by atoms with van der Waals surface area (Å²) in [4.78, 5) is 2.40. The Labute approximate surface area is 88.4 Å². The lowest BCUT2D eigenvalue weighted by Crippen LogP contribution is -2.34. The quantitative estimate of drug-likeness (QED) is 0.568. The number of hydrogen-bond acceptors (Lipinski definition) is 3. The van der Waals surface area contributed by atoms with Gasteiger partial charge in [0.1, 0.15) is 0 Å². The summed E-state index contributed by atoms with van der Waals surface area (Å²) in [5.41, 5.74) is 0. The highest BCUT2D eigenvalue weighted by molar-refractivity contribution is 4.61. The molecule has 0 bridgehead atoms. The van der Waals surface area contributed by atoms with Gasteiger partial charge in [0.2, 0.25) is 0 Å². The van der Waals surface area contributed by atoms with E-state index in [0.717, 1.165) is 38.8 Å². The highest BCUT2D eigenvalue weighted by atomic mass is 16.5. The maximum atomic E-state index is 5.09. The second kappa shape index (κ2) is 9.44. The molecule has 0 aliphatic carbocycles. The second-order valence-corrected chi connectivity index (χ2v) is 3.80. The predicted octanol–water partition coefficient (Wildman–Crippen LogP) is 1.63. The van der Waals surface area contributed by atoms with Gasteiger partial charge < -0.3 is 9.47 Å². The van der Waals surface area contributed by atoms with Crippen molar-refractivity contribution in [1.29, 1.82) is 0 Å². The van der Waals surface area contributed by atoms with Crippen LogP contribution in [0.2, 0.25) is 0 Å². The molecule has 0 N–H and O–H groups in total. The molecule has 1 atom stereocenters. The molecule has 0 aliphatic rings. The van der Waals surface area contributed by atoms with Crippen LogP contribution in [0.1, 0.15) is 20.3 Å². The summed E-state index contributed by atoms with van der Waals surface area (Å²) in [5, 5.41) is 0. The summed E-state index contributed by atoms with van der Waals surface area (Å²) in [5.74, 6) is 0.753. The van der Waals surface area contributed by atoms with Gasteiger partial charge in [-0.1, -0.05) is 20.3 Å². The Bertz CT molecular complexity index is 112. The Balaban J connectivity index is 3.71. The van der Waals surface area contributed by atoms with E-state index in [1.807, 2.05) is 0 Å². The third kappa shape index (κ3) is 7.30. The minimum absolute atomic E-state index is 0.753. The van der Waals surface area contributed by atoms with E-state index in [9.17, 15) is 0 Å². The van der Waals surface area contributed by atoms with E-state index in [4.69, 9.17) is 9.47 Å². The molecule has 0 fully saturated rings. The first-order chi connectivity index (χ1) is 6.74. The zero-order chi connectivity index (χ0) is 10.8. The maximum absolute atomic E-state index is 5.09. The van der Waals surface area contributed by atoms with Crippen LogP contribution in [-0.2, 0) is 9.47 Å². The second-order valence-electron chi connectivity index (χ2n) is 3.80. The lowest BCUT2D eigenvalue weighted by molar-refractivity contribution is 0.105. The third-order valence-corrected chi connectivity index (χ3v) is 2.49. The molecular formula is C11H25NO2. The SMILES string of the molecule is CCC(C)CN(CCOC)CCOC. The van der Waals surface area contributed by atoms with Crippen LogP contribution in [0.25, 0.3) is 0 Å². The smallest absolute Gasteiger partial charge is 0.0589 e. The molecule has 86 valence electrons. The molecule has 14 heavy (non-hydrogen) atoms. The van der Waals surface area contributed by atoms with Crippen molar-refractivity contribution < 1.29 is 9.47 Å². The summed E-state index contributed by atoms with van der Waals surface area (Å²) < 4.78 is 10.2. The predicted molar refractivity (Wildman–Crippen MR) is 59.6 cm³/mol. The highest BCUT2D eigenvalue weighted by Crippen LogP contribution is 2.03. The zero-order valence-electron chi connectivity index (χ0n) is 10.1. The number of hydrogen-bond donors (Lipinski definition) is 0. The van der Waals surface area contributed by atoms with Gasteiger partial charge in [-0.2, -0.15) is 0 Å². The van der Waals surface area contributed by atoms with Crippen molar-refractivity contribution in [1.82, 2.24) is 4.90 Å². The van der Waals surface area contributed by atoms with Crippen molar-refractivity contribution >= 4 is 0 Å². The summed E-state index contributed by atoms with van der Waals surface area (Å²) in [7, 11) is 3.50. The minimum Gasteiger partial charge on any atom is -0.383 e. The van der Waals surface area contributed by atoms with E-state index in [2.05, 4.69) is 18.7 Å². The summed E-state index contributed by atoms with van der Waals surface area (Å²) >= 11 is 0. The van der Waals surface area contributed by atoms with E-state index < -0.39 is 0 Å². The average molecular weight is 203 g/mol. The Morgan fingerprint density at radius 3 is 1.93 bits per heavy atom. The van der Waals surface area contributed by atoms with Gasteiger partial charge in [0.05, 0.1) is 13.2 Å². The van der Waals surface area contributed by atoms with Crippen molar-refractivity contribution in [3.63, 3.8) is 0 Å². The van der Waals surface area contributed by atoms with E-state index in [-0.39, 0.29) is 0 Å². The lowest BCUT2D eigenvalue weighted by atomic mass is 10.1. The molecule has 0 aromatic carbocycles. The summed E-state index contributed by atoms with van der Waals surface area (Å²) in [6.07, 6.45) is 1.23. The first-order valence-corrected chi connectivity index (χ1v) is 5.44. The fourth-order valence-corrected chi connectivity index (χ4v) is 1.31. The van der Waals surface area contributed by atoms with Gasteiger partial charge in [-0.25, -0.2) is 0 Å². The van der Waals surface area contributed by atoms with Crippen LogP contribution in [0.15, 0.2) is 0 Å². The summed E-state index contributed by atoms with van der Waals surface area (Å²) in [6, 6.07) is 0. The van der Waals surface area contributed by atoms with E-state index in [0.29, 0.717) is 0 Å². The molecule has 0 rings (SSSR count). The van der Waals surface area contributed by atoms with Gasteiger partial charge in [0.15, 0.2) is 0 Å². The lowest BCUT2D eigenvalue weighted by Gasteiger charge is -2.24. The van der Waals surface area contributed by atoms with E-state index >= 15 is 0 Å². The van der Waals surface area contributed by atoms with Gasteiger partial charge >= 0.3 is 0 Å². The van der Waals surface area contributed by atoms with Crippen LogP contribution in [0.5, 0.6) is 0 Å². The Kier molecular flexibility index (Phi) is 9.35. The molecule has 3 nitrogen and oxygen atoms in total. The third-order valence-electron chi connectivity index (χ3n) is 2.49. The number of methoxy groups -OCH3 is 2. The molecule has 0 aromatic rings. The standard InChI is InChI=1S/C11H25NO2/c1-5-11(2)10-12(6-8-13-3)7-9-14-4/h11H,5-10H2,1-4H3. The molecule has 0 spiro atoms. The van der Waals surface area contributed by atoms with E-state index in [1.54, 1.807) is 14.2 Å². The molecular weight excluding hydrogens is 178 g/mol. The number of rotatable bonds is 9. The maximum Gasteiger partial charge on any atom is 0.0589 e. The first-order valence-electron chi connectivity index (χ1n) is 5.44. The zero-order valence-corrected chi connectivity index (χ0v) is 10.1. The molecule has 0 heterocycles. The van der Waals surface area contributed by atoms with Crippen molar-refractivity contribution in [3.05, 3.63) is 0 Å². The van der Waals surface area contributed by atoms with Crippen molar-refractivity contribution in [2.24, 2.45) is 5.92 Å². The largest absolute Gasteiger partial charge is 0.383 e. The van der Waals surface area contributed by atoms with Crippen molar-refractivity contribution in [2.45, 2.75) is 20.3 Å². The van der Waals surface area contributed by atoms with Crippen LogP contribution in [-0.4, -0.2) is 52.0 Å². The first kappa shape index (κ1) is 13.9. The van der Waals surface area contributed by atoms with Gasteiger partial charge in [-0.05, 0) is 5.92 Å². The molecule has 3 heteroatoms. The fraction of sp³-hybridized carbons (Fsp3) is 1.00. The van der Waals surface area contributed by atoms with Crippen LogP contribution < -0.4 is 0 Å². The Morgan fingerprint density at radius 1 is 1.07 bits per heavy atom. The molecule has 0 saturated carbocycles. The van der Waals surface area contributed by atoms with Gasteiger partial charge in [0.25, 0.3) is 0 Å². The monoisotopic (exact) mass is 203 g/mol. The number of ether oxygens (including phenoxy) is 2. The topological polar surface area (TPSA) is 21.7 Å². The van der Waals surface area contributed by atoms with Gasteiger partial charge in [-0.3, -0.25) is 4.90 Å². The molecule has 0 amide bonds. The summed E-state index contributed by atoms with van der Waals surface area (Å²) in [6.45, 7) is 9.28. The van der Waals surface area contributed by atoms with Gasteiger partial charge in [-0.15, -0.1) is 0 Å². The molecule has 0 aromatic heterocycles. The Morgan fingerprint density at radius 2 is 1.57 bits per heavy atom. The highest BCUT2D eigenvalue weighted by Gasteiger charge is 2.08. The molecule has 0 aliphatic heterocycles. The van der Waals surface area contributed by atoms with E-state index in [1.165, 1.54) is 6.42 Å². The van der Waals surface area contributed by atoms with Crippen LogP contribution in [0.3, 0.4) is 0 Å². The fourth-order valence-electron chi connectivity index (χ4n) is 1.31.